The van der Waals surface area contributed by atoms with Gasteiger partial charge in [-0.2, -0.15) is 13.2 Å². The van der Waals surface area contributed by atoms with Crippen LogP contribution >= 0.6 is 0 Å². The molecule has 2 rings (SSSR count). The van der Waals surface area contributed by atoms with E-state index >= 15 is 0 Å². The Balaban J connectivity index is 2.51. The van der Waals surface area contributed by atoms with Crippen molar-refractivity contribution in [2.75, 3.05) is 13.7 Å². The molecule has 6 heteroatoms. The third-order valence-electron chi connectivity index (χ3n) is 2.77. The minimum Gasteiger partial charge on any atom is -0.497 e. The van der Waals surface area contributed by atoms with Gasteiger partial charge in [0.1, 0.15) is 5.75 Å². The number of alkyl halides is 3. The first-order valence-electron chi connectivity index (χ1n) is 5.51. The zero-order chi connectivity index (χ0) is 14.0. The summed E-state index contributed by atoms with van der Waals surface area (Å²) in [4.78, 5) is 0. The van der Waals surface area contributed by atoms with Crippen molar-refractivity contribution < 1.29 is 23.1 Å². The summed E-state index contributed by atoms with van der Waals surface area (Å²) in [6.07, 6.45) is -0.181. The molecule has 0 unspecified atom stereocenters. The Bertz CT molecular complexity index is 535. The highest BCUT2D eigenvalue weighted by molar-refractivity contribution is 5.78. The van der Waals surface area contributed by atoms with Gasteiger partial charge in [-0.15, -0.1) is 0 Å². The number of hydrogen-bond acceptors (Lipinski definition) is 3. The molecule has 19 heavy (non-hydrogen) atoms. The van der Waals surface area contributed by atoms with Crippen molar-refractivity contribution in [1.82, 2.24) is 5.06 Å². The van der Waals surface area contributed by atoms with Crippen LogP contribution in [0.15, 0.2) is 36.6 Å². The molecule has 1 aliphatic heterocycles. The van der Waals surface area contributed by atoms with Gasteiger partial charge in [-0.1, -0.05) is 6.08 Å². The Labute approximate surface area is 108 Å². The second-order valence-electron chi connectivity index (χ2n) is 4.01. The molecule has 1 aromatic carbocycles. The summed E-state index contributed by atoms with van der Waals surface area (Å²) in [6.45, 7) is 0.139. The smallest absolute Gasteiger partial charge is 0.417 e. The first kappa shape index (κ1) is 13.5. The van der Waals surface area contributed by atoms with Crippen LogP contribution in [0.3, 0.4) is 0 Å². The Kier molecular flexibility index (Phi) is 3.53. The zero-order valence-electron chi connectivity index (χ0n) is 10.1. The van der Waals surface area contributed by atoms with Crippen molar-refractivity contribution in [1.29, 1.82) is 0 Å². The molecular weight excluding hydrogens is 259 g/mol. The maximum absolute atomic E-state index is 13.0. The van der Waals surface area contributed by atoms with Crippen molar-refractivity contribution in [3.8, 4) is 5.75 Å². The fraction of sp³-hybridized carbons (Fsp3) is 0.231. The number of allylic oxidation sites excluding steroid dienone is 2. The molecule has 0 spiro atoms. The third kappa shape index (κ3) is 2.90. The quantitative estimate of drug-likeness (QED) is 0.895. The van der Waals surface area contributed by atoms with E-state index in [1.807, 2.05) is 0 Å². The van der Waals surface area contributed by atoms with Crippen molar-refractivity contribution in [2.24, 2.45) is 0 Å². The van der Waals surface area contributed by atoms with Crippen LogP contribution in [0.1, 0.15) is 11.1 Å². The summed E-state index contributed by atoms with van der Waals surface area (Å²) in [5.74, 6) is 0.351. The molecular formula is C13H12F3NO2. The van der Waals surface area contributed by atoms with E-state index < -0.39 is 11.7 Å². The van der Waals surface area contributed by atoms with E-state index in [4.69, 9.17) is 9.94 Å². The molecule has 1 aliphatic rings. The molecule has 0 atom stereocenters. The lowest BCUT2D eigenvalue weighted by Crippen LogP contribution is -2.15. The Morgan fingerprint density at radius 2 is 2.05 bits per heavy atom. The topological polar surface area (TPSA) is 32.7 Å². The second-order valence-corrected chi connectivity index (χ2v) is 4.01. The van der Waals surface area contributed by atoms with Crippen LogP contribution in [-0.4, -0.2) is 23.9 Å². The molecule has 1 N–H and O–H groups in total. The average molecular weight is 271 g/mol. The minimum atomic E-state index is -4.44. The standard InChI is InChI=1S/C13H12F3NO2/c1-19-10-2-3-12(13(14,15)16)11(8-10)9-4-6-17(18)7-5-9/h2-6,8,18H,7H2,1H3. The van der Waals surface area contributed by atoms with Crippen LogP contribution in [0.25, 0.3) is 5.57 Å². The monoisotopic (exact) mass is 271 g/mol. The third-order valence-corrected chi connectivity index (χ3v) is 2.77. The number of hydrogen-bond donors (Lipinski definition) is 1. The molecule has 0 amide bonds. The first-order valence-corrected chi connectivity index (χ1v) is 5.51. The molecule has 0 radical (unpaired) electrons. The lowest BCUT2D eigenvalue weighted by atomic mass is 9.97. The van der Waals surface area contributed by atoms with Gasteiger partial charge >= 0.3 is 6.18 Å². The van der Waals surface area contributed by atoms with Crippen LogP contribution in [-0.2, 0) is 6.18 Å². The predicted octanol–water partition coefficient (Wildman–Crippen LogP) is 3.32. The van der Waals surface area contributed by atoms with Gasteiger partial charge in [-0.05, 0) is 35.4 Å². The number of halogens is 3. The van der Waals surface area contributed by atoms with Gasteiger partial charge in [0.15, 0.2) is 0 Å². The van der Waals surface area contributed by atoms with E-state index in [9.17, 15) is 13.2 Å². The van der Waals surface area contributed by atoms with Gasteiger partial charge in [0.05, 0.1) is 19.2 Å². The van der Waals surface area contributed by atoms with E-state index in [1.165, 1.54) is 37.6 Å². The molecule has 1 heterocycles. The predicted molar refractivity (Wildman–Crippen MR) is 63.6 cm³/mol. The number of benzene rings is 1. The van der Waals surface area contributed by atoms with Gasteiger partial charge in [0.25, 0.3) is 0 Å². The lowest BCUT2D eigenvalue weighted by Gasteiger charge is -2.19. The van der Waals surface area contributed by atoms with Crippen molar-refractivity contribution in [2.45, 2.75) is 6.18 Å². The summed E-state index contributed by atoms with van der Waals surface area (Å²) in [7, 11) is 1.40. The van der Waals surface area contributed by atoms with Gasteiger partial charge in [-0.25, -0.2) is 0 Å². The van der Waals surface area contributed by atoms with Crippen LogP contribution in [0.4, 0.5) is 13.2 Å². The number of methoxy groups -OCH3 is 1. The number of nitrogens with zero attached hydrogens (tertiary/aromatic N) is 1. The second kappa shape index (κ2) is 4.97. The van der Waals surface area contributed by atoms with E-state index in [1.54, 1.807) is 0 Å². The fourth-order valence-electron chi connectivity index (χ4n) is 1.82. The van der Waals surface area contributed by atoms with Crippen LogP contribution in [0.5, 0.6) is 5.75 Å². The number of ether oxygens (including phenoxy) is 1. The summed E-state index contributed by atoms with van der Waals surface area (Å²) >= 11 is 0. The maximum Gasteiger partial charge on any atom is 0.417 e. The van der Waals surface area contributed by atoms with Crippen LogP contribution < -0.4 is 4.74 Å². The Morgan fingerprint density at radius 1 is 1.32 bits per heavy atom. The van der Waals surface area contributed by atoms with Crippen LogP contribution in [0.2, 0.25) is 0 Å². The molecule has 0 saturated heterocycles. The maximum atomic E-state index is 13.0. The fourth-order valence-corrected chi connectivity index (χ4v) is 1.82. The summed E-state index contributed by atoms with van der Waals surface area (Å²) in [5.41, 5.74) is -0.289. The highest BCUT2D eigenvalue weighted by Crippen LogP contribution is 2.37. The summed E-state index contributed by atoms with van der Waals surface area (Å²) in [5, 5.41) is 10.0. The Morgan fingerprint density at radius 3 is 2.58 bits per heavy atom. The van der Waals surface area contributed by atoms with Crippen LogP contribution in [0, 0.1) is 0 Å². The van der Waals surface area contributed by atoms with E-state index in [2.05, 4.69) is 0 Å². The number of rotatable bonds is 2. The summed E-state index contributed by atoms with van der Waals surface area (Å²) in [6, 6.07) is 3.61. The number of hydroxylamine groups is 2. The highest BCUT2D eigenvalue weighted by atomic mass is 19.4. The molecule has 3 nitrogen and oxygen atoms in total. The molecule has 102 valence electrons. The molecule has 0 aliphatic carbocycles. The largest absolute Gasteiger partial charge is 0.497 e. The minimum absolute atomic E-state index is 0.0381. The SMILES string of the molecule is COc1ccc(C(F)(F)F)c(C2=CCN(O)C=C2)c1. The van der Waals surface area contributed by atoms with E-state index in [-0.39, 0.29) is 12.1 Å². The molecule has 0 saturated carbocycles. The first-order chi connectivity index (χ1) is 8.91. The molecule has 0 aromatic heterocycles. The van der Waals surface area contributed by atoms with Gasteiger partial charge in [0, 0.05) is 6.20 Å². The van der Waals surface area contributed by atoms with Gasteiger partial charge in [0.2, 0.25) is 0 Å². The summed E-state index contributed by atoms with van der Waals surface area (Å²) < 4.78 is 43.8. The van der Waals surface area contributed by atoms with Gasteiger partial charge < -0.3 is 4.74 Å². The molecule has 0 fully saturated rings. The zero-order valence-corrected chi connectivity index (χ0v) is 10.1. The van der Waals surface area contributed by atoms with E-state index in [0.717, 1.165) is 11.1 Å². The van der Waals surface area contributed by atoms with Crippen molar-refractivity contribution in [3.05, 3.63) is 47.7 Å². The van der Waals surface area contributed by atoms with Crippen molar-refractivity contribution >= 4 is 5.57 Å². The molecule has 0 bridgehead atoms. The van der Waals surface area contributed by atoms with Gasteiger partial charge in [-0.3, -0.25) is 10.3 Å². The van der Waals surface area contributed by atoms with E-state index in [0.29, 0.717) is 11.3 Å². The van der Waals surface area contributed by atoms with Crippen molar-refractivity contribution in [3.63, 3.8) is 0 Å². The average Bonchev–Trinajstić information content (AvgIpc) is 2.38. The normalized spacial score (nSPS) is 15.4. The highest BCUT2D eigenvalue weighted by Gasteiger charge is 2.34. The molecule has 1 aromatic rings. The lowest BCUT2D eigenvalue weighted by molar-refractivity contribution is -0.137. The Hall–Kier alpha value is -1.95.